The van der Waals surface area contributed by atoms with Crippen LogP contribution in [0.15, 0.2) is 121 Å². The van der Waals surface area contributed by atoms with Crippen molar-refractivity contribution < 1.29 is 0 Å². The van der Waals surface area contributed by atoms with Gasteiger partial charge in [0.2, 0.25) is 0 Å². The van der Waals surface area contributed by atoms with Gasteiger partial charge in [-0.05, 0) is 88.3 Å². The van der Waals surface area contributed by atoms with E-state index in [0.717, 1.165) is 48.8 Å². The van der Waals surface area contributed by atoms with Gasteiger partial charge in [0, 0.05) is 16.7 Å². The third kappa shape index (κ3) is 8.73. The molecule has 0 spiro atoms. The van der Waals surface area contributed by atoms with Gasteiger partial charge >= 0.3 is 0 Å². The zero-order valence-electron chi connectivity index (χ0n) is 33.8. The third-order valence-electron chi connectivity index (χ3n) is 12.4. The molecule has 3 nitrogen and oxygen atoms in total. The summed E-state index contributed by atoms with van der Waals surface area (Å²) in [6.45, 7) is 16.1. The van der Waals surface area contributed by atoms with Crippen LogP contribution in [0.3, 0.4) is 0 Å². The zero-order valence-corrected chi connectivity index (χ0v) is 33.8. The molecule has 0 N–H and O–H groups in total. The van der Waals surface area contributed by atoms with Gasteiger partial charge in [0.15, 0.2) is 17.5 Å². The largest absolute Gasteiger partial charge is 0.208 e. The fraction of sp³-hybridized carbons (Fsp3) is 0.353. The third-order valence-corrected chi connectivity index (χ3v) is 12.4. The number of nitrogens with zero attached hydrogens (tertiary/aromatic N) is 3. The maximum absolute atomic E-state index is 5.07. The second kappa shape index (κ2) is 17.5. The zero-order chi connectivity index (χ0) is 38.1. The Kier molecular flexibility index (Phi) is 12.6. The molecule has 0 fully saturated rings. The smallest absolute Gasteiger partial charge is 0.164 e. The summed E-state index contributed by atoms with van der Waals surface area (Å²) < 4.78 is 0. The molecule has 0 aliphatic carbocycles. The van der Waals surface area contributed by atoms with E-state index in [1.807, 2.05) is 0 Å². The molecule has 0 atom stereocenters. The van der Waals surface area contributed by atoms with Crippen LogP contribution in [-0.4, -0.2) is 15.0 Å². The Hall–Kier alpha value is -4.89. The molecule has 0 amide bonds. The number of aryl methyl sites for hydroxylation is 1. The van der Waals surface area contributed by atoms with Crippen molar-refractivity contribution in [3.63, 3.8) is 0 Å². The number of unbranched alkanes of at least 4 members (excludes halogenated alkanes) is 3. The van der Waals surface area contributed by atoms with Crippen LogP contribution in [0, 0.1) is 0 Å². The molecule has 1 heterocycles. The average molecular weight is 714 g/mol. The van der Waals surface area contributed by atoms with Gasteiger partial charge in [-0.15, -0.1) is 0 Å². The molecular weight excluding hydrogens is 655 g/mol. The van der Waals surface area contributed by atoms with Gasteiger partial charge in [-0.2, -0.15) is 0 Å². The maximum Gasteiger partial charge on any atom is 0.164 e. The standard InChI is InChI=1S/C51H59N3/c1-8-13-14-15-16-37-17-19-42(20-18-37)47-52-48(43-25-21-38(22-26-43)40-29-33-45(34-30-40)50(6,9-2)10-3)54-49(53-47)44-27-23-39(24-28-44)41-31-35-46(36-32-41)51(7,11-4)12-5/h17-36H,8-16H2,1-7H3. The lowest BCUT2D eigenvalue weighted by Gasteiger charge is -2.27. The summed E-state index contributed by atoms with van der Waals surface area (Å²) in [6.07, 6.45) is 10.7. The quantitative estimate of drug-likeness (QED) is 0.0937. The van der Waals surface area contributed by atoms with Crippen LogP contribution in [0.2, 0.25) is 0 Å². The predicted molar refractivity (Wildman–Crippen MR) is 231 cm³/mol. The molecule has 0 saturated heterocycles. The maximum atomic E-state index is 5.07. The molecule has 6 aromatic rings. The molecule has 0 aliphatic rings. The van der Waals surface area contributed by atoms with Gasteiger partial charge in [-0.25, -0.2) is 15.0 Å². The molecule has 54 heavy (non-hydrogen) atoms. The van der Waals surface area contributed by atoms with Crippen molar-refractivity contribution in [2.75, 3.05) is 0 Å². The van der Waals surface area contributed by atoms with Gasteiger partial charge in [0.05, 0.1) is 0 Å². The highest BCUT2D eigenvalue weighted by molar-refractivity contribution is 5.72. The first-order valence-electron chi connectivity index (χ1n) is 20.5. The minimum Gasteiger partial charge on any atom is -0.208 e. The van der Waals surface area contributed by atoms with Crippen LogP contribution in [0.25, 0.3) is 56.4 Å². The monoisotopic (exact) mass is 713 g/mol. The van der Waals surface area contributed by atoms with E-state index in [1.165, 1.54) is 64.6 Å². The Bertz CT molecular complexity index is 1940. The molecule has 1 aromatic heterocycles. The van der Waals surface area contributed by atoms with Gasteiger partial charge in [-0.3, -0.25) is 0 Å². The Balaban J connectivity index is 1.31. The minimum atomic E-state index is 0.211. The molecule has 3 heteroatoms. The molecule has 6 rings (SSSR count). The minimum absolute atomic E-state index is 0.211. The van der Waals surface area contributed by atoms with E-state index in [9.17, 15) is 0 Å². The van der Waals surface area contributed by atoms with Crippen LogP contribution in [-0.2, 0) is 17.3 Å². The lowest BCUT2D eigenvalue weighted by atomic mass is 9.77. The first-order valence-corrected chi connectivity index (χ1v) is 20.5. The van der Waals surface area contributed by atoms with Crippen molar-refractivity contribution in [2.45, 2.75) is 117 Å². The van der Waals surface area contributed by atoms with Gasteiger partial charge < -0.3 is 0 Å². The highest BCUT2D eigenvalue weighted by Crippen LogP contribution is 2.35. The summed E-state index contributed by atoms with van der Waals surface area (Å²) in [5, 5.41) is 0. The van der Waals surface area contributed by atoms with E-state index in [4.69, 9.17) is 15.0 Å². The number of hydrogen-bond acceptors (Lipinski definition) is 3. The van der Waals surface area contributed by atoms with E-state index in [-0.39, 0.29) is 10.8 Å². The Morgan fingerprint density at radius 2 is 0.648 bits per heavy atom. The summed E-state index contributed by atoms with van der Waals surface area (Å²) in [7, 11) is 0. The summed E-state index contributed by atoms with van der Waals surface area (Å²) in [5.41, 5.74) is 12.3. The fourth-order valence-electron chi connectivity index (χ4n) is 7.41. The summed E-state index contributed by atoms with van der Waals surface area (Å²) >= 11 is 0. The number of benzene rings is 5. The topological polar surface area (TPSA) is 38.7 Å². The van der Waals surface area contributed by atoms with E-state index < -0.39 is 0 Å². The van der Waals surface area contributed by atoms with Crippen molar-refractivity contribution in [3.8, 4) is 56.4 Å². The highest BCUT2D eigenvalue weighted by atomic mass is 15.0. The van der Waals surface area contributed by atoms with E-state index in [0.29, 0.717) is 17.5 Å². The Morgan fingerprint density at radius 1 is 0.352 bits per heavy atom. The summed E-state index contributed by atoms with van der Waals surface area (Å²) in [5.74, 6) is 2.05. The number of hydrogen-bond donors (Lipinski definition) is 0. The summed E-state index contributed by atoms with van der Waals surface area (Å²) in [4.78, 5) is 15.2. The molecular formula is C51H59N3. The highest BCUT2D eigenvalue weighted by Gasteiger charge is 2.23. The molecule has 0 radical (unpaired) electrons. The average Bonchev–Trinajstić information content (AvgIpc) is 3.25. The van der Waals surface area contributed by atoms with Crippen LogP contribution >= 0.6 is 0 Å². The van der Waals surface area contributed by atoms with Crippen molar-refractivity contribution in [1.29, 1.82) is 0 Å². The molecule has 0 unspecified atom stereocenters. The summed E-state index contributed by atoms with van der Waals surface area (Å²) in [6, 6.07) is 44.3. The second-order valence-corrected chi connectivity index (χ2v) is 15.7. The SMILES string of the molecule is CCCCCCc1ccc(-c2nc(-c3ccc(-c4ccc(C(C)(CC)CC)cc4)cc3)nc(-c3ccc(-c4ccc(C(C)(CC)CC)cc4)cc3)n2)cc1. The molecule has 0 bridgehead atoms. The lowest BCUT2D eigenvalue weighted by Crippen LogP contribution is -2.19. The second-order valence-electron chi connectivity index (χ2n) is 15.7. The molecule has 278 valence electrons. The number of rotatable bonds is 16. The first-order chi connectivity index (χ1) is 26.2. The van der Waals surface area contributed by atoms with Gasteiger partial charge in [-0.1, -0.05) is 189 Å². The Labute approximate surface area is 325 Å². The fourth-order valence-corrected chi connectivity index (χ4v) is 7.41. The molecule has 5 aromatic carbocycles. The van der Waals surface area contributed by atoms with Crippen LogP contribution in [0.1, 0.15) is 117 Å². The van der Waals surface area contributed by atoms with Crippen LogP contribution < -0.4 is 0 Å². The van der Waals surface area contributed by atoms with E-state index in [2.05, 4.69) is 170 Å². The van der Waals surface area contributed by atoms with Crippen LogP contribution in [0.4, 0.5) is 0 Å². The van der Waals surface area contributed by atoms with Gasteiger partial charge in [0.1, 0.15) is 0 Å². The molecule has 0 aliphatic heterocycles. The van der Waals surface area contributed by atoms with E-state index >= 15 is 0 Å². The van der Waals surface area contributed by atoms with Gasteiger partial charge in [0.25, 0.3) is 0 Å². The first kappa shape index (κ1) is 38.8. The normalized spacial score (nSPS) is 11.9. The lowest BCUT2D eigenvalue weighted by molar-refractivity contribution is 0.439. The van der Waals surface area contributed by atoms with Crippen LogP contribution in [0.5, 0.6) is 0 Å². The molecule has 0 saturated carbocycles. The van der Waals surface area contributed by atoms with Crippen molar-refractivity contribution in [2.24, 2.45) is 0 Å². The van der Waals surface area contributed by atoms with Crippen molar-refractivity contribution in [3.05, 3.63) is 138 Å². The van der Waals surface area contributed by atoms with E-state index in [1.54, 1.807) is 0 Å². The van der Waals surface area contributed by atoms with Crippen molar-refractivity contribution >= 4 is 0 Å². The van der Waals surface area contributed by atoms with Crippen molar-refractivity contribution in [1.82, 2.24) is 15.0 Å². The predicted octanol–water partition coefficient (Wildman–Crippen LogP) is 14.5. The number of aromatic nitrogens is 3. The Morgan fingerprint density at radius 3 is 0.963 bits per heavy atom.